The van der Waals surface area contributed by atoms with Crippen molar-refractivity contribution in [2.45, 2.75) is 13.2 Å². The summed E-state index contributed by atoms with van der Waals surface area (Å²) in [6.45, 7) is 2.96. The van der Waals surface area contributed by atoms with E-state index < -0.39 is 0 Å². The highest BCUT2D eigenvalue weighted by Crippen LogP contribution is 1.98. The van der Waals surface area contributed by atoms with Crippen LogP contribution in [0, 0.1) is 0 Å². The van der Waals surface area contributed by atoms with Crippen molar-refractivity contribution in [2.24, 2.45) is 10.7 Å². The van der Waals surface area contributed by atoms with Crippen molar-refractivity contribution in [1.29, 1.82) is 0 Å². The zero-order valence-electron chi connectivity index (χ0n) is 5.49. The number of hydrogen-bond acceptors (Lipinski definition) is 3. The molecule has 1 rings (SSSR count). The van der Waals surface area contributed by atoms with E-state index in [0.29, 0.717) is 0 Å². The number of nitrogens with zero attached hydrogens (tertiary/aromatic N) is 2. The van der Waals surface area contributed by atoms with Gasteiger partial charge in [0.05, 0.1) is 0 Å². The summed E-state index contributed by atoms with van der Waals surface area (Å²) >= 11 is 0. The molecule has 0 aliphatic carbocycles. The lowest BCUT2D eigenvalue weighted by Crippen LogP contribution is -2.37. The van der Waals surface area contributed by atoms with Crippen LogP contribution >= 0.6 is 0 Å². The third-order valence-electron chi connectivity index (χ3n) is 1.31. The van der Waals surface area contributed by atoms with Crippen LogP contribution in [0.3, 0.4) is 0 Å². The van der Waals surface area contributed by atoms with Gasteiger partial charge in [0.2, 0.25) is 0 Å². The third-order valence-corrected chi connectivity index (χ3v) is 1.31. The van der Waals surface area contributed by atoms with E-state index in [-0.39, 0.29) is 6.29 Å². The van der Waals surface area contributed by atoms with E-state index in [4.69, 9.17) is 5.73 Å². The summed E-state index contributed by atoms with van der Waals surface area (Å²) in [6.07, 6.45) is 5.38. The Bertz CT molecular complexity index is 139. The van der Waals surface area contributed by atoms with Crippen LogP contribution < -0.4 is 5.73 Å². The first-order valence-electron chi connectivity index (χ1n) is 3.06. The predicted molar refractivity (Wildman–Crippen MR) is 38.0 cm³/mol. The van der Waals surface area contributed by atoms with Crippen LogP contribution in [0.25, 0.3) is 0 Å². The Morgan fingerprint density at radius 3 is 3.00 bits per heavy atom. The van der Waals surface area contributed by atoms with Gasteiger partial charge in [0.1, 0.15) is 0 Å². The molecule has 0 saturated heterocycles. The lowest BCUT2D eigenvalue weighted by atomic mass is 10.5. The molecule has 1 aliphatic heterocycles. The average molecular weight is 125 g/mol. The number of allylic oxidation sites excluding steroid dienone is 1. The smallest absolute Gasteiger partial charge is 0.173 e. The second-order valence-corrected chi connectivity index (χ2v) is 1.88. The van der Waals surface area contributed by atoms with Gasteiger partial charge in [0, 0.05) is 19.0 Å². The molecule has 9 heavy (non-hydrogen) atoms. The lowest BCUT2D eigenvalue weighted by molar-refractivity contribution is 0.301. The minimum absolute atomic E-state index is 0.167. The topological polar surface area (TPSA) is 41.6 Å². The fourth-order valence-electron chi connectivity index (χ4n) is 0.753. The summed E-state index contributed by atoms with van der Waals surface area (Å²) < 4.78 is 0. The summed E-state index contributed by atoms with van der Waals surface area (Å²) in [6, 6.07) is 0. The minimum atomic E-state index is -0.167. The second-order valence-electron chi connectivity index (χ2n) is 1.88. The summed E-state index contributed by atoms with van der Waals surface area (Å²) in [7, 11) is 0. The Labute approximate surface area is 54.9 Å². The minimum Gasteiger partial charge on any atom is -0.344 e. The van der Waals surface area contributed by atoms with Crippen LogP contribution in [-0.4, -0.2) is 23.9 Å². The zero-order valence-corrected chi connectivity index (χ0v) is 5.49. The molecule has 0 aromatic carbocycles. The highest BCUT2D eigenvalue weighted by molar-refractivity contribution is 5.71. The van der Waals surface area contributed by atoms with Crippen molar-refractivity contribution in [3.8, 4) is 0 Å². The van der Waals surface area contributed by atoms with Gasteiger partial charge in [-0.2, -0.15) is 0 Å². The van der Waals surface area contributed by atoms with Gasteiger partial charge in [-0.3, -0.25) is 10.7 Å². The van der Waals surface area contributed by atoms with Gasteiger partial charge in [-0.05, 0) is 13.0 Å². The van der Waals surface area contributed by atoms with E-state index >= 15 is 0 Å². The number of hydrogen-bond donors (Lipinski definition) is 1. The zero-order chi connectivity index (χ0) is 6.69. The molecule has 1 atom stereocenters. The van der Waals surface area contributed by atoms with Crippen molar-refractivity contribution < 1.29 is 0 Å². The van der Waals surface area contributed by atoms with Crippen molar-refractivity contribution in [3.63, 3.8) is 0 Å². The van der Waals surface area contributed by atoms with Gasteiger partial charge in [-0.25, -0.2) is 0 Å². The van der Waals surface area contributed by atoms with Crippen LogP contribution in [0.15, 0.2) is 17.3 Å². The van der Waals surface area contributed by atoms with Crippen molar-refractivity contribution in [2.75, 3.05) is 6.54 Å². The molecular weight excluding hydrogens is 114 g/mol. The molecule has 0 amide bonds. The van der Waals surface area contributed by atoms with Gasteiger partial charge in [0.25, 0.3) is 0 Å². The summed E-state index contributed by atoms with van der Waals surface area (Å²) in [4.78, 5) is 5.93. The Balaban J connectivity index is 2.55. The van der Waals surface area contributed by atoms with Crippen LogP contribution in [0.5, 0.6) is 0 Å². The molecule has 1 heterocycles. The monoisotopic (exact) mass is 125 g/mol. The molecule has 1 unspecified atom stereocenters. The Morgan fingerprint density at radius 2 is 2.56 bits per heavy atom. The predicted octanol–water partition coefficient (Wildman–Crippen LogP) is 0.149. The number of aliphatic imine (C=N–C) groups is 1. The molecule has 0 spiro atoms. The van der Waals surface area contributed by atoms with Crippen LogP contribution in [0.2, 0.25) is 0 Å². The maximum Gasteiger partial charge on any atom is 0.173 e. The first kappa shape index (κ1) is 6.29. The quantitative estimate of drug-likeness (QED) is 0.542. The van der Waals surface area contributed by atoms with E-state index in [0.717, 1.165) is 6.54 Å². The second kappa shape index (κ2) is 2.64. The fourth-order valence-corrected chi connectivity index (χ4v) is 0.753. The Kier molecular flexibility index (Phi) is 1.85. The molecule has 0 bridgehead atoms. The normalized spacial score (nSPS) is 25.1. The van der Waals surface area contributed by atoms with E-state index in [1.165, 1.54) is 0 Å². The van der Waals surface area contributed by atoms with Gasteiger partial charge in [0.15, 0.2) is 6.29 Å². The first-order valence-corrected chi connectivity index (χ1v) is 3.06. The highest BCUT2D eigenvalue weighted by atomic mass is 15.3. The molecule has 3 nitrogen and oxygen atoms in total. The molecule has 2 N–H and O–H groups in total. The van der Waals surface area contributed by atoms with Crippen LogP contribution in [-0.2, 0) is 0 Å². The standard InChI is InChI=1S/C6H11N3/c1-2-9-5-3-4-8-6(9)7/h3-6H,2,7H2,1H3. The molecule has 0 saturated carbocycles. The maximum absolute atomic E-state index is 5.57. The maximum atomic E-state index is 5.57. The molecule has 3 heteroatoms. The number of rotatable bonds is 1. The van der Waals surface area contributed by atoms with E-state index in [2.05, 4.69) is 4.99 Å². The molecule has 0 aromatic heterocycles. The Morgan fingerprint density at radius 1 is 1.78 bits per heavy atom. The van der Waals surface area contributed by atoms with Gasteiger partial charge >= 0.3 is 0 Å². The SMILES string of the molecule is CCN1C=CC=NC1N. The van der Waals surface area contributed by atoms with Crippen LogP contribution in [0.1, 0.15) is 6.92 Å². The highest BCUT2D eigenvalue weighted by Gasteiger charge is 2.05. The van der Waals surface area contributed by atoms with Crippen molar-refractivity contribution in [3.05, 3.63) is 12.3 Å². The average Bonchev–Trinajstić information content (AvgIpc) is 1.89. The van der Waals surface area contributed by atoms with Gasteiger partial charge in [-0.15, -0.1) is 0 Å². The first-order chi connectivity index (χ1) is 4.34. The summed E-state index contributed by atoms with van der Waals surface area (Å²) in [5.74, 6) is 0. The van der Waals surface area contributed by atoms with E-state index in [1.54, 1.807) is 6.21 Å². The molecule has 1 aliphatic rings. The molecule has 0 aromatic rings. The third kappa shape index (κ3) is 1.29. The molecule has 50 valence electrons. The van der Waals surface area contributed by atoms with Crippen molar-refractivity contribution in [1.82, 2.24) is 4.90 Å². The van der Waals surface area contributed by atoms with E-state index in [9.17, 15) is 0 Å². The lowest BCUT2D eigenvalue weighted by Gasteiger charge is -2.24. The van der Waals surface area contributed by atoms with Crippen molar-refractivity contribution >= 4 is 6.21 Å². The molecule has 0 radical (unpaired) electrons. The van der Waals surface area contributed by atoms with Crippen LogP contribution in [0.4, 0.5) is 0 Å². The Hall–Kier alpha value is -0.830. The molecular formula is C6H11N3. The van der Waals surface area contributed by atoms with Gasteiger partial charge < -0.3 is 4.90 Å². The van der Waals surface area contributed by atoms with Gasteiger partial charge in [-0.1, -0.05) is 0 Å². The summed E-state index contributed by atoms with van der Waals surface area (Å²) in [5.41, 5.74) is 5.57. The largest absolute Gasteiger partial charge is 0.344 e. The van der Waals surface area contributed by atoms with E-state index in [1.807, 2.05) is 24.1 Å². The molecule has 0 fully saturated rings. The summed E-state index contributed by atoms with van der Waals surface area (Å²) in [5, 5.41) is 0. The number of nitrogens with two attached hydrogens (primary N) is 1. The fraction of sp³-hybridized carbons (Fsp3) is 0.500.